The second-order valence-electron chi connectivity index (χ2n) is 6.63. The standard InChI is InChI=1S/C21H22N2OS/c1-14-4-5-15(2)19(12-14)22-21-23(17-8-9-17)20(13-25-21)16-6-10-18(24-3)11-7-16/h4-7,10-13,17H,8-9H2,1-3H3. The monoisotopic (exact) mass is 350 g/mol. The number of ether oxygens (including phenoxy) is 1. The third-order valence-corrected chi connectivity index (χ3v) is 5.46. The molecule has 0 radical (unpaired) electrons. The van der Waals surface area contributed by atoms with Crippen LogP contribution < -0.4 is 9.54 Å². The highest BCUT2D eigenvalue weighted by Gasteiger charge is 2.27. The Balaban J connectivity index is 1.83. The van der Waals surface area contributed by atoms with Crippen LogP contribution in [-0.4, -0.2) is 11.7 Å². The summed E-state index contributed by atoms with van der Waals surface area (Å²) < 4.78 is 7.69. The van der Waals surface area contributed by atoms with Crippen LogP contribution in [0.5, 0.6) is 5.75 Å². The highest BCUT2D eigenvalue weighted by molar-refractivity contribution is 7.07. The number of hydrogen-bond acceptors (Lipinski definition) is 3. The molecule has 1 aromatic heterocycles. The Bertz CT molecular complexity index is 962. The summed E-state index contributed by atoms with van der Waals surface area (Å²) in [7, 11) is 1.70. The van der Waals surface area contributed by atoms with Gasteiger partial charge in [-0.05, 0) is 73.7 Å². The van der Waals surface area contributed by atoms with Gasteiger partial charge in [-0.15, -0.1) is 11.3 Å². The van der Waals surface area contributed by atoms with E-state index in [0.717, 1.165) is 16.2 Å². The molecule has 0 spiro atoms. The molecule has 2 aromatic carbocycles. The second kappa shape index (κ2) is 6.52. The molecule has 25 heavy (non-hydrogen) atoms. The van der Waals surface area contributed by atoms with Crippen molar-refractivity contribution in [1.82, 2.24) is 4.57 Å². The SMILES string of the molecule is COc1ccc(-c2csc(=Nc3cc(C)ccc3C)n2C2CC2)cc1. The van der Waals surface area contributed by atoms with E-state index in [0.29, 0.717) is 6.04 Å². The van der Waals surface area contributed by atoms with E-state index < -0.39 is 0 Å². The van der Waals surface area contributed by atoms with Gasteiger partial charge in [-0.3, -0.25) is 0 Å². The molecule has 0 unspecified atom stereocenters. The van der Waals surface area contributed by atoms with E-state index in [9.17, 15) is 0 Å². The van der Waals surface area contributed by atoms with Gasteiger partial charge in [-0.2, -0.15) is 0 Å². The average molecular weight is 350 g/mol. The van der Waals surface area contributed by atoms with Crippen LogP contribution >= 0.6 is 11.3 Å². The Kier molecular flexibility index (Phi) is 4.22. The quantitative estimate of drug-likeness (QED) is 0.618. The Morgan fingerprint density at radius 2 is 1.84 bits per heavy atom. The molecule has 128 valence electrons. The summed E-state index contributed by atoms with van der Waals surface area (Å²) in [5.41, 5.74) is 5.99. The summed E-state index contributed by atoms with van der Waals surface area (Å²) in [6, 6.07) is 15.3. The van der Waals surface area contributed by atoms with Crippen molar-refractivity contribution in [2.24, 2.45) is 4.99 Å². The van der Waals surface area contributed by atoms with Gasteiger partial charge in [0.25, 0.3) is 0 Å². The summed E-state index contributed by atoms with van der Waals surface area (Å²) in [5.74, 6) is 0.886. The van der Waals surface area contributed by atoms with Crippen LogP contribution in [-0.2, 0) is 0 Å². The molecule has 0 atom stereocenters. The van der Waals surface area contributed by atoms with Gasteiger partial charge < -0.3 is 9.30 Å². The van der Waals surface area contributed by atoms with Crippen molar-refractivity contribution >= 4 is 17.0 Å². The first-order chi connectivity index (χ1) is 12.2. The zero-order valence-electron chi connectivity index (χ0n) is 14.8. The highest BCUT2D eigenvalue weighted by Crippen LogP contribution is 2.38. The Morgan fingerprint density at radius 3 is 2.52 bits per heavy atom. The maximum absolute atomic E-state index is 5.28. The number of benzene rings is 2. The molecule has 1 aliphatic rings. The Labute approximate surface area is 152 Å². The van der Waals surface area contributed by atoms with Crippen LogP contribution in [0.1, 0.15) is 30.0 Å². The average Bonchev–Trinajstić information content (AvgIpc) is 3.38. The normalized spacial score (nSPS) is 14.8. The fourth-order valence-corrected chi connectivity index (χ4v) is 3.98. The van der Waals surface area contributed by atoms with Gasteiger partial charge in [0, 0.05) is 11.4 Å². The van der Waals surface area contributed by atoms with Crippen molar-refractivity contribution < 1.29 is 4.74 Å². The molecule has 0 bridgehead atoms. The number of hydrogen-bond donors (Lipinski definition) is 0. The largest absolute Gasteiger partial charge is 0.497 e. The first kappa shape index (κ1) is 16.2. The van der Waals surface area contributed by atoms with Gasteiger partial charge in [0.1, 0.15) is 5.75 Å². The lowest BCUT2D eigenvalue weighted by molar-refractivity contribution is 0.415. The lowest BCUT2D eigenvalue weighted by Gasteiger charge is -2.09. The van der Waals surface area contributed by atoms with Crippen molar-refractivity contribution in [1.29, 1.82) is 0 Å². The number of methoxy groups -OCH3 is 1. The van der Waals surface area contributed by atoms with Crippen LogP contribution in [0.25, 0.3) is 11.3 Å². The maximum atomic E-state index is 5.28. The molecule has 4 heteroatoms. The van der Waals surface area contributed by atoms with E-state index in [4.69, 9.17) is 9.73 Å². The van der Waals surface area contributed by atoms with Gasteiger partial charge in [0.15, 0.2) is 4.80 Å². The first-order valence-corrected chi connectivity index (χ1v) is 9.50. The number of aryl methyl sites for hydroxylation is 2. The lowest BCUT2D eigenvalue weighted by Crippen LogP contribution is -2.14. The molecule has 4 rings (SSSR count). The number of rotatable bonds is 4. The van der Waals surface area contributed by atoms with Crippen LogP contribution in [0.2, 0.25) is 0 Å². The van der Waals surface area contributed by atoms with Crippen molar-refractivity contribution in [3.8, 4) is 17.0 Å². The van der Waals surface area contributed by atoms with Crippen LogP contribution in [0.3, 0.4) is 0 Å². The Hall–Kier alpha value is -2.33. The first-order valence-electron chi connectivity index (χ1n) is 8.62. The highest BCUT2D eigenvalue weighted by atomic mass is 32.1. The van der Waals surface area contributed by atoms with Crippen LogP contribution in [0.15, 0.2) is 52.8 Å². The van der Waals surface area contributed by atoms with Crippen molar-refractivity contribution in [3.05, 3.63) is 63.8 Å². The van der Waals surface area contributed by atoms with Gasteiger partial charge in [-0.25, -0.2) is 4.99 Å². The zero-order valence-corrected chi connectivity index (χ0v) is 15.6. The summed E-state index contributed by atoms with van der Waals surface area (Å²) in [6.07, 6.45) is 2.47. The third-order valence-electron chi connectivity index (χ3n) is 4.62. The summed E-state index contributed by atoms with van der Waals surface area (Å²) in [6.45, 7) is 4.24. The predicted molar refractivity (Wildman–Crippen MR) is 104 cm³/mol. The van der Waals surface area contributed by atoms with Crippen molar-refractivity contribution in [3.63, 3.8) is 0 Å². The van der Waals surface area contributed by atoms with E-state index in [-0.39, 0.29) is 0 Å². The van der Waals surface area contributed by atoms with Crippen LogP contribution in [0.4, 0.5) is 5.69 Å². The molecule has 1 saturated carbocycles. The fraction of sp³-hybridized carbons (Fsp3) is 0.286. The molecule has 3 nitrogen and oxygen atoms in total. The molecule has 0 aliphatic heterocycles. The molecule has 1 heterocycles. The van der Waals surface area contributed by atoms with E-state index in [1.807, 2.05) is 12.1 Å². The number of nitrogens with zero attached hydrogens (tertiary/aromatic N) is 2. The molecule has 1 aliphatic carbocycles. The zero-order chi connectivity index (χ0) is 17.4. The predicted octanol–water partition coefficient (Wildman–Crippen LogP) is 5.41. The summed E-state index contributed by atoms with van der Waals surface area (Å²) >= 11 is 1.72. The number of thiazole rings is 1. The van der Waals surface area contributed by atoms with Crippen molar-refractivity contribution in [2.45, 2.75) is 32.7 Å². The van der Waals surface area contributed by atoms with Gasteiger partial charge >= 0.3 is 0 Å². The topological polar surface area (TPSA) is 26.5 Å². The molecular weight excluding hydrogens is 328 g/mol. The lowest BCUT2D eigenvalue weighted by atomic mass is 10.1. The van der Waals surface area contributed by atoms with Crippen molar-refractivity contribution in [2.75, 3.05) is 7.11 Å². The minimum atomic E-state index is 0.576. The van der Waals surface area contributed by atoms with E-state index in [1.165, 1.54) is 35.2 Å². The third kappa shape index (κ3) is 3.27. The van der Waals surface area contributed by atoms with Crippen LogP contribution in [0, 0.1) is 13.8 Å². The minimum Gasteiger partial charge on any atom is -0.497 e. The van der Waals surface area contributed by atoms with E-state index in [2.05, 4.69) is 54.1 Å². The summed E-state index contributed by atoms with van der Waals surface area (Å²) in [4.78, 5) is 6.08. The maximum Gasteiger partial charge on any atom is 0.190 e. The van der Waals surface area contributed by atoms with Gasteiger partial charge in [-0.1, -0.05) is 12.1 Å². The molecular formula is C21H22N2OS. The molecule has 0 N–H and O–H groups in total. The smallest absolute Gasteiger partial charge is 0.190 e. The number of aromatic nitrogens is 1. The van der Waals surface area contributed by atoms with E-state index in [1.54, 1.807) is 18.4 Å². The van der Waals surface area contributed by atoms with Gasteiger partial charge in [0.2, 0.25) is 0 Å². The minimum absolute atomic E-state index is 0.576. The molecule has 0 amide bonds. The fourth-order valence-electron chi connectivity index (χ4n) is 3.00. The molecule has 3 aromatic rings. The second-order valence-corrected chi connectivity index (χ2v) is 7.47. The summed E-state index contributed by atoms with van der Waals surface area (Å²) in [5, 5.41) is 2.23. The Morgan fingerprint density at radius 1 is 1.08 bits per heavy atom. The van der Waals surface area contributed by atoms with Gasteiger partial charge in [0.05, 0.1) is 18.5 Å². The van der Waals surface area contributed by atoms with E-state index >= 15 is 0 Å². The molecule has 0 saturated heterocycles. The molecule has 1 fully saturated rings.